The second-order valence-electron chi connectivity index (χ2n) is 5.00. The molecule has 0 unspecified atom stereocenters. The van der Waals surface area contributed by atoms with Crippen LogP contribution in [0.1, 0.15) is 23.6 Å². The summed E-state index contributed by atoms with van der Waals surface area (Å²) in [7, 11) is 1.60. The van der Waals surface area contributed by atoms with Gasteiger partial charge in [0, 0.05) is 0 Å². The normalized spacial score (nSPS) is 11.1. The lowest BCUT2D eigenvalue weighted by atomic mass is 10.0. The molecule has 0 aromatic heterocycles. The first kappa shape index (κ1) is 16.6. The van der Waals surface area contributed by atoms with Crippen molar-refractivity contribution in [3.8, 4) is 5.75 Å². The van der Waals surface area contributed by atoms with Crippen molar-refractivity contribution in [3.63, 3.8) is 0 Å². The van der Waals surface area contributed by atoms with E-state index >= 15 is 0 Å². The van der Waals surface area contributed by atoms with Gasteiger partial charge < -0.3 is 14.6 Å². The van der Waals surface area contributed by atoms with E-state index in [4.69, 9.17) is 9.47 Å². The molecular weight excluding hydrogens is 292 g/mol. The molecule has 0 aliphatic carbocycles. The number of carboxylic acid groups (broad SMARTS) is 1. The quantitative estimate of drug-likeness (QED) is 0.622. The molecule has 0 bridgehead atoms. The van der Waals surface area contributed by atoms with E-state index in [1.54, 1.807) is 13.2 Å². The summed E-state index contributed by atoms with van der Waals surface area (Å²) in [6, 6.07) is 15.0. The number of aliphatic carboxylic acids is 1. The van der Waals surface area contributed by atoms with Crippen LogP contribution in [0.25, 0.3) is 6.08 Å². The molecule has 120 valence electrons. The molecule has 0 fully saturated rings. The van der Waals surface area contributed by atoms with E-state index in [0.29, 0.717) is 0 Å². The van der Waals surface area contributed by atoms with Gasteiger partial charge in [0.2, 0.25) is 5.76 Å². The summed E-state index contributed by atoms with van der Waals surface area (Å²) in [6.07, 6.45) is 2.41. The third kappa shape index (κ3) is 4.61. The topological polar surface area (TPSA) is 55.8 Å². The predicted octanol–water partition coefficient (Wildman–Crippen LogP) is 3.90. The summed E-state index contributed by atoms with van der Waals surface area (Å²) >= 11 is 0. The Morgan fingerprint density at radius 1 is 1.13 bits per heavy atom. The SMILES string of the molecule is CCc1ccccc1C=C(OCc1ccc(OC)cc1)C(=O)O. The van der Waals surface area contributed by atoms with Crippen molar-refractivity contribution in [1.82, 2.24) is 0 Å². The zero-order valence-electron chi connectivity index (χ0n) is 13.3. The zero-order chi connectivity index (χ0) is 16.7. The van der Waals surface area contributed by atoms with Gasteiger partial charge in [-0.15, -0.1) is 0 Å². The van der Waals surface area contributed by atoms with Crippen LogP contribution in [0.3, 0.4) is 0 Å². The lowest BCUT2D eigenvalue weighted by Gasteiger charge is -2.09. The summed E-state index contributed by atoms with van der Waals surface area (Å²) in [4.78, 5) is 11.4. The zero-order valence-corrected chi connectivity index (χ0v) is 13.3. The number of carbonyl (C=O) groups is 1. The van der Waals surface area contributed by atoms with E-state index < -0.39 is 5.97 Å². The van der Waals surface area contributed by atoms with Crippen LogP contribution in [-0.2, 0) is 22.6 Å². The maximum atomic E-state index is 11.4. The molecule has 23 heavy (non-hydrogen) atoms. The van der Waals surface area contributed by atoms with Crippen molar-refractivity contribution >= 4 is 12.0 Å². The Kier molecular flexibility index (Phi) is 5.80. The van der Waals surface area contributed by atoms with Gasteiger partial charge in [-0.1, -0.05) is 43.3 Å². The molecule has 0 spiro atoms. The fourth-order valence-electron chi connectivity index (χ4n) is 2.19. The van der Waals surface area contributed by atoms with E-state index in [0.717, 1.165) is 28.9 Å². The minimum atomic E-state index is -1.08. The highest BCUT2D eigenvalue weighted by molar-refractivity contribution is 5.90. The van der Waals surface area contributed by atoms with Crippen LogP contribution < -0.4 is 4.74 Å². The molecule has 0 heterocycles. The van der Waals surface area contributed by atoms with Crippen molar-refractivity contribution in [1.29, 1.82) is 0 Å². The van der Waals surface area contributed by atoms with Gasteiger partial charge in [-0.2, -0.15) is 0 Å². The Morgan fingerprint density at radius 2 is 1.83 bits per heavy atom. The van der Waals surface area contributed by atoms with Gasteiger partial charge in [-0.05, 0) is 41.3 Å². The van der Waals surface area contributed by atoms with Crippen molar-refractivity contribution < 1.29 is 19.4 Å². The Bertz CT molecular complexity index is 687. The Morgan fingerprint density at radius 3 is 2.43 bits per heavy atom. The minimum Gasteiger partial charge on any atom is -0.497 e. The molecule has 4 nitrogen and oxygen atoms in total. The summed E-state index contributed by atoms with van der Waals surface area (Å²) in [5.41, 5.74) is 2.82. The first-order valence-electron chi connectivity index (χ1n) is 7.42. The van der Waals surface area contributed by atoms with Gasteiger partial charge in [-0.3, -0.25) is 0 Å². The van der Waals surface area contributed by atoms with Crippen molar-refractivity contribution in [2.24, 2.45) is 0 Å². The fraction of sp³-hybridized carbons (Fsp3) is 0.211. The Balaban J connectivity index is 2.15. The van der Waals surface area contributed by atoms with E-state index in [1.807, 2.05) is 55.5 Å². The lowest BCUT2D eigenvalue weighted by molar-refractivity contribution is -0.136. The highest BCUT2D eigenvalue weighted by Crippen LogP contribution is 2.17. The summed E-state index contributed by atoms with van der Waals surface area (Å²) in [5.74, 6) is -0.397. The fourth-order valence-corrected chi connectivity index (χ4v) is 2.19. The van der Waals surface area contributed by atoms with E-state index in [2.05, 4.69) is 0 Å². The number of carboxylic acids is 1. The second kappa shape index (κ2) is 8.03. The molecule has 2 aromatic rings. The largest absolute Gasteiger partial charge is 0.497 e. The molecule has 1 N–H and O–H groups in total. The van der Waals surface area contributed by atoms with Crippen LogP contribution in [0, 0.1) is 0 Å². The molecule has 0 atom stereocenters. The summed E-state index contributed by atoms with van der Waals surface area (Å²) in [6.45, 7) is 2.22. The highest BCUT2D eigenvalue weighted by atomic mass is 16.5. The average molecular weight is 312 g/mol. The number of hydrogen-bond acceptors (Lipinski definition) is 3. The van der Waals surface area contributed by atoms with E-state index in [9.17, 15) is 9.90 Å². The molecule has 2 rings (SSSR count). The maximum absolute atomic E-state index is 11.4. The molecular formula is C19H20O4. The standard InChI is InChI=1S/C19H20O4/c1-3-15-6-4-5-7-16(15)12-18(19(20)21)23-13-14-8-10-17(22-2)11-9-14/h4-12H,3,13H2,1-2H3,(H,20,21). The van der Waals surface area contributed by atoms with Gasteiger partial charge in [0.1, 0.15) is 12.4 Å². The number of rotatable bonds is 7. The number of aryl methyl sites for hydroxylation is 1. The van der Waals surface area contributed by atoms with Crippen LogP contribution in [0.2, 0.25) is 0 Å². The van der Waals surface area contributed by atoms with Crippen molar-refractivity contribution in [3.05, 3.63) is 71.0 Å². The smallest absolute Gasteiger partial charge is 0.371 e. The molecule has 0 radical (unpaired) electrons. The lowest BCUT2D eigenvalue weighted by Crippen LogP contribution is -2.05. The third-order valence-electron chi connectivity index (χ3n) is 3.49. The number of benzene rings is 2. The first-order valence-corrected chi connectivity index (χ1v) is 7.42. The molecule has 0 saturated heterocycles. The van der Waals surface area contributed by atoms with Crippen molar-refractivity contribution in [2.75, 3.05) is 7.11 Å². The van der Waals surface area contributed by atoms with Crippen LogP contribution in [0.4, 0.5) is 0 Å². The van der Waals surface area contributed by atoms with Gasteiger partial charge in [0.05, 0.1) is 7.11 Å². The van der Waals surface area contributed by atoms with Gasteiger partial charge in [0.25, 0.3) is 0 Å². The van der Waals surface area contributed by atoms with E-state index in [-0.39, 0.29) is 12.4 Å². The molecule has 0 aliphatic rings. The molecule has 0 amide bonds. The maximum Gasteiger partial charge on any atom is 0.371 e. The summed E-state index contributed by atoms with van der Waals surface area (Å²) in [5, 5.41) is 9.35. The Labute approximate surface area is 136 Å². The third-order valence-corrected chi connectivity index (χ3v) is 3.49. The van der Waals surface area contributed by atoms with Crippen molar-refractivity contribution in [2.45, 2.75) is 20.0 Å². The molecule has 0 aliphatic heterocycles. The number of ether oxygens (including phenoxy) is 2. The first-order chi connectivity index (χ1) is 11.1. The average Bonchev–Trinajstić information content (AvgIpc) is 2.59. The van der Waals surface area contributed by atoms with E-state index in [1.165, 1.54) is 0 Å². The van der Waals surface area contributed by atoms with Gasteiger partial charge >= 0.3 is 5.97 Å². The van der Waals surface area contributed by atoms with Crippen LogP contribution in [0.5, 0.6) is 5.75 Å². The van der Waals surface area contributed by atoms with Crippen LogP contribution >= 0.6 is 0 Å². The Hall–Kier alpha value is -2.75. The van der Waals surface area contributed by atoms with Crippen LogP contribution in [-0.4, -0.2) is 18.2 Å². The molecule has 4 heteroatoms. The van der Waals surface area contributed by atoms with Gasteiger partial charge in [-0.25, -0.2) is 4.79 Å². The number of hydrogen-bond donors (Lipinski definition) is 1. The molecule has 0 saturated carbocycles. The second-order valence-corrected chi connectivity index (χ2v) is 5.00. The molecule has 2 aromatic carbocycles. The van der Waals surface area contributed by atoms with Crippen LogP contribution in [0.15, 0.2) is 54.3 Å². The minimum absolute atomic E-state index is 0.0679. The predicted molar refractivity (Wildman–Crippen MR) is 89.2 cm³/mol. The number of methoxy groups -OCH3 is 1. The summed E-state index contributed by atoms with van der Waals surface area (Å²) < 4.78 is 10.6. The van der Waals surface area contributed by atoms with Gasteiger partial charge in [0.15, 0.2) is 0 Å². The highest BCUT2D eigenvalue weighted by Gasteiger charge is 2.10. The monoisotopic (exact) mass is 312 g/mol.